The number of nitrogens with two attached hydrogens (primary N) is 1. The maximum Gasteiger partial charge on any atom is 0.322 e. The van der Waals surface area contributed by atoms with Gasteiger partial charge in [-0.1, -0.05) is 23.4 Å². The molecule has 6 N–H and O–H groups in total. The molecule has 12 nitrogen and oxygen atoms in total. The molecule has 2 aromatic rings. The highest BCUT2D eigenvalue weighted by atomic mass is 35.5. The quantitative estimate of drug-likeness (QED) is 0.200. The summed E-state index contributed by atoms with van der Waals surface area (Å²) in [6.45, 7) is 1.06. The molecule has 0 aliphatic carbocycles. The first kappa shape index (κ1) is 31.5. The lowest BCUT2D eigenvalue weighted by atomic mass is 10.1. The Balaban J connectivity index is 2.07. The molecule has 0 aliphatic rings. The maximum atomic E-state index is 13.0. The fourth-order valence-electron chi connectivity index (χ4n) is 3.58. The van der Waals surface area contributed by atoms with Gasteiger partial charge in [0.15, 0.2) is 5.12 Å². The van der Waals surface area contributed by atoms with E-state index in [-0.39, 0.29) is 35.9 Å². The van der Waals surface area contributed by atoms with E-state index in [4.69, 9.17) is 27.5 Å². The molecule has 1 aromatic heterocycles. The van der Waals surface area contributed by atoms with Crippen LogP contribution in [0.1, 0.15) is 40.2 Å². The van der Waals surface area contributed by atoms with Crippen LogP contribution in [0.2, 0.25) is 5.02 Å². The van der Waals surface area contributed by atoms with Crippen molar-refractivity contribution < 1.29 is 39.0 Å². The van der Waals surface area contributed by atoms with Crippen molar-refractivity contribution in [3.8, 4) is 0 Å². The summed E-state index contributed by atoms with van der Waals surface area (Å²) in [7, 11) is 1.66. The van der Waals surface area contributed by atoms with Gasteiger partial charge in [-0.05, 0) is 49.2 Å². The SMILES string of the molecule is Cc1cc(CC(=O)SC[C@H](NC(=O)CC[C@H](N)C(=O)O)C(=O)NCC(=O)O)n(C)c1C(=O)c1ccc(Cl)cc1. The van der Waals surface area contributed by atoms with E-state index in [0.29, 0.717) is 27.5 Å². The molecule has 39 heavy (non-hydrogen) atoms. The van der Waals surface area contributed by atoms with Gasteiger partial charge in [0.05, 0.1) is 12.1 Å². The first-order valence-electron chi connectivity index (χ1n) is 11.7. The Kier molecular flexibility index (Phi) is 11.7. The number of amides is 2. The molecule has 0 spiro atoms. The number of carboxylic acids is 2. The van der Waals surface area contributed by atoms with E-state index in [1.807, 2.05) is 0 Å². The van der Waals surface area contributed by atoms with Crippen molar-refractivity contribution in [2.24, 2.45) is 12.8 Å². The number of nitrogens with one attached hydrogen (secondary N) is 2. The van der Waals surface area contributed by atoms with E-state index in [0.717, 1.165) is 11.8 Å². The predicted molar refractivity (Wildman–Crippen MR) is 144 cm³/mol. The average Bonchev–Trinajstić information content (AvgIpc) is 3.15. The number of ketones is 1. The van der Waals surface area contributed by atoms with Crippen LogP contribution >= 0.6 is 23.4 Å². The summed E-state index contributed by atoms with van der Waals surface area (Å²) in [5.41, 5.74) is 7.46. The average molecular weight is 581 g/mol. The van der Waals surface area contributed by atoms with Crippen molar-refractivity contribution in [1.29, 1.82) is 0 Å². The number of hydrogen-bond donors (Lipinski definition) is 5. The van der Waals surface area contributed by atoms with Gasteiger partial charge < -0.3 is 31.1 Å². The lowest BCUT2D eigenvalue weighted by molar-refractivity contribution is -0.139. The number of benzene rings is 1. The molecule has 0 saturated heterocycles. The molecule has 0 fully saturated rings. The molecular formula is C25H29ClN4O8S. The Bertz CT molecular complexity index is 1260. The minimum Gasteiger partial charge on any atom is -0.480 e. The molecule has 0 unspecified atom stereocenters. The summed E-state index contributed by atoms with van der Waals surface area (Å²) in [5, 5.41) is 22.3. The number of halogens is 1. The van der Waals surface area contributed by atoms with Gasteiger partial charge in [-0.2, -0.15) is 0 Å². The predicted octanol–water partition coefficient (Wildman–Crippen LogP) is 0.898. The van der Waals surface area contributed by atoms with E-state index < -0.39 is 42.4 Å². The first-order chi connectivity index (χ1) is 18.3. The number of carbonyl (C=O) groups is 6. The zero-order valence-electron chi connectivity index (χ0n) is 21.2. The third-order valence-corrected chi connectivity index (χ3v) is 6.86. The molecule has 2 atom stereocenters. The van der Waals surface area contributed by atoms with E-state index in [1.54, 1.807) is 48.9 Å². The summed E-state index contributed by atoms with van der Waals surface area (Å²) in [5.74, 6) is -4.53. The van der Waals surface area contributed by atoms with Crippen molar-refractivity contribution in [1.82, 2.24) is 15.2 Å². The molecule has 1 heterocycles. The monoisotopic (exact) mass is 580 g/mol. The minimum atomic E-state index is -1.30. The summed E-state index contributed by atoms with van der Waals surface area (Å²) in [6.07, 6.45) is -0.552. The van der Waals surface area contributed by atoms with Gasteiger partial charge in [0, 0.05) is 35.5 Å². The van der Waals surface area contributed by atoms with Crippen LogP contribution in [-0.4, -0.2) is 73.8 Å². The highest BCUT2D eigenvalue weighted by Crippen LogP contribution is 2.21. The van der Waals surface area contributed by atoms with Crippen molar-refractivity contribution in [3.05, 3.63) is 57.9 Å². The van der Waals surface area contributed by atoms with E-state index >= 15 is 0 Å². The maximum absolute atomic E-state index is 13.0. The molecule has 14 heteroatoms. The molecule has 210 valence electrons. The van der Waals surface area contributed by atoms with Crippen LogP contribution in [0.5, 0.6) is 0 Å². The van der Waals surface area contributed by atoms with Crippen LogP contribution in [0.4, 0.5) is 0 Å². The van der Waals surface area contributed by atoms with Crippen LogP contribution in [0.15, 0.2) is 30.3 Å². The Morgan fingerprint density at radius 2 is 1.74 bits per heavy atom. The first-order valence-corrected chi connectivity index (χ1v) is 13.0. The highest BCUT2D eigenvalue weighted by molar-refractivity contribution is 8.13. The molecule has 2 amide bonds. The van der Waals surface area contributed by atoms with E-state index in [9.17, 15) is 28.8 Å². The smallest absolute Gasteiger partial charge is 0.322 e. The highest BCUT2D eigenvalue weighted by Gasteiger charge is 2.25. The molecule has 0 saturated carbocycles. The summed E-state index contributed by atoms with van der Waals surface area (Å²) < 4.78 is 1.62. The van der Waals surface area contributed by atoms with Crippen LogP contribution in [-0.2, 0) is 37.4 Å². The number of carboxylic acid groups (broad SMARTS) is 2. The molecule has 0 radical (unpaired) electrons. The van der Waals surface area contributed by atoms with Crippen molar-refractivity contribution in [2.45, 2.75) is 38.3 Å². The number of thioether (sulfide) groups is 1. The van der Waals surface area contributed by atoms with Crippen LogP contribution in [0.25, 0.3) is 0 Å². The van der Waals surface area contributed by atoms with E-state index in [1.165, 1.54) is 0 Å². The summed E-state index contributed by atoms with van der Waals surface area (Å²) in [6, 6.07) is 5.62. The zero-order chi connectivity index (χ0) is 29.3. The van der Waals surface area contributed by atoms with Crippen LogP contribution < -0.4 is 16.4 Å². The fourth-order valence-corrected chi connectivity index (χ4v) is 4.55. The largest absolute Gasteiger partial charge is 0.480 e. The number of nitrogens with zero attached hydrogens (tertiary/aromatic N) is 1. The van der Waals surface area contributed by atoms with Gasteiger partial charge in [0.25, 0.3) is 0 Å². The lowest BCUT2D eigenvalue weighted by Gasteiger charge is -2.18. The standard InChI is InChI=1S/C25H29ClN4O8S/c1-13-9-16(30(2)22(13)23(35)14-3-5-15(26)6-4-14)10-21(34)39-12-18(24(36)28-11-20(32)33)29-19(31)8-7-17(27)25(37)38/h3-6,9,17-18H,7-8,10-12,27H2,1-2H3,(H,28,36)(H,29,31)(H,32,33)(H,37,38)/t17-,18-/m0/s1. The Hall–Kier alpha value is -3.68. The fraction of sp³-hybridized carbons (Fsp3) is 0.360. The number of rotatable bonds is 14. The summed E-state index contributed by atoms with van der Waals surface area (Å²) >= 11 is 6.65. The second-order valence-electron chi connectivity index (χ2n) is 8.64. The third-order valence-electron chi connectivity index (χ3n) is 5.65. The molecule has 2 rings (SSSR count). The van der Waals surface area contributed by atoms with Gasteiger partial charge in [-0.15, -0.1) is 0 Å². The molecule has 0 aliphatic heterocycles. The Morgan fingerprint density at radius 3 is 2.33 bits per heavy atom. The number of hydrogen-bond acceptors (Lipinski definition) is 8. The van der Waals surface area contributed by atoms with E-state index in [2.05, 4.69) is 10.6 Å². The molecule has 0 bridgehead atoms. The van der Waals surface area contributed by atoms with Crippen LogP contribution in [0.3, 0.4) is 0 Å². The second kappa shape index (κ2) is 14.5. The van der Waals surface area contributed by atoms with Crippen LogP contribution in [0, 0.1) is 6.92 Å². The minimum absolute atomic E-state index is 0.0826. The van der Waals surface area contributed by atoms with Crippen molar-refractivity contribution in [3.63, 3.8) is 0 Å². The number of aliphatic carboxylic acids is 2. The zero-order valence-corrected chi connectivity index (χ0v) is 22.8. The van der Waals surface area contributed by atoms with Gasteiger partial charge >= 0.3 is 11.9 Å². The number of aromatic nitrogens is 1. The molecule has 1 aromatic carbocycles. The van der Waals surface area contributed by atoms with Gasteiger partial charge in [0.1, 0.15) is 18.6 Å². The van der Waals surface area contributed by atoms with Crippen molar-refractivity contribution >= 4 is 58.0 Å². The normalized spacial score (nSPS) is 12.3. The number of aryl methyl sites for hydroxylation is 1. The van der Waals surface area contributed by atoms with Gasteiger partial charge in [0.2, 0.25) is 17.6 Å². The van der Waals surface area contributed by atoms with Gasteiger partial charge in [-0.25, -0.2) is 0 Å². The lowest BCUT2D eigenvalue weighted by Crippen LogP contribution is -2.49. The third kappa shape index (κ3) is 9.53. The van der Waals surface area contributed by atoms with Crippen molar-refractivity contribution in [2.75, 3.05) is 12.3 Å². The second-order valence-corrected chi connectivity index (χ2v) is 10.2. The topological polar surface area (TPSA) is 198 Å². The van der Waals surface area contributed by atoms with Gasteiger partial charge in [-0.3, -0.25) is 28.8 Å². The Labute approximate surface area is 233 Å². The summed E-state index contributed by atoms with van der Waals surface area (Å²) in [4.78, 5) is 72.1. The molecular weight excluding hydrogens is 552 g/mol. The Morgan fingerprint density at radius 1 is 1.10 bits per heavy atom. The number of carbonyl (C=O) groups excluding carboxylic acids is 4.